The van der Waals surface area contributed by atoms with Crippen LogP contribution in [0.2, 0.25) is 0 Å². The number of hydrogen-bond donors (Lipinski definition) is 0. The molecule has 13 heavy (non-hydrogen) atoms. The number of carbonyl (C=O) groups excluding carboxylic acids is 1. The summed E-state index contributed by atoms with van der Waals surface area (Å²) in [6.45, 7) is 2.44. The monoisotopic (exact) mass is 174 g/mol. The van der Waals surface area contributed by atoms with Crippen LogP contribution in [0.25, 0.3) is 5.57 Å². The molecular formula is C11H10O2. The first-order valence-corrected chi connectivity index (χ1v) is 4.20. The van der Waals surface area contributed by atoms with Gasteiger partial charge in [0.05, 0.1) is 0 Å². The van der Waals surface area contributed by atoms with Crippen LogP contribution in [0.3, 0.4) is 0 Å². The average molecular weight is 174 g/mol. The molecule has 66 valence electrons. The van der Waals surface area contributed by atoms with Crippen molar-refractivity contribution in [2.75, 3.05) is 6.61 Å². The third kappa shape index (κ3) is 1.61. The van der Waals surface area contributed by atoms with Gasteiger partial charge in [0.25, 0.3) is 0 Å². The minimum Gasteiger partial charge on any atom is -0.458 e. The van der Waals surface area contributed by atoms with Gasteiger partial charge in [0.1, 0.15) is 6.61 Å². The van der Waals surface area contributed by atoms with Gasteiger partial charge in [-0.05, 0) is 12.5 Å². The van der Waals surface area contributed by atoms with E-state index >= 15 is 0 Å². The molecule has 0 atom stereocenters. The summed E-state index contributed by atoms with van der Waals surface area (Å²) in [5.41, 5.74) is 3.25. The molecule has 0 spiro atoms. The zero-order valence-electron chi connectivity index (χ0n) is 7.41. The van der Waals surface area contributed by atoms with Crippen molar-refractivity contribution in [3.63, 3.8) is 0 Å². The maximum absolute atomic E-state index is 10.8. The summed E-state index contributed by atoms with van der Waals surface area (Å²) in [5, 5.41) is 0. The Hall–Kier alpha value is -1.57. The Morgan fingerprint density at radius 2 is 1.92 bits per heavy atom. The lowest BCUT2D eigenvalue weighted by atomic mass is 10.1. The van der Waals surface area contributed by atoms with Crippen LogP contribution in [0.5, 0.6) is 0 Å². The molecule has 0 saturated carbocycles. The van der Waals surface area contributed by atoms with E-state index < -0.39 is 0 Å². The third-order valence-electron chi connectivity index (χ3n) is 2.08. The number of cyclic esters (lactones) is 1. The molecule has 0 radical (unpaired) electrons. The Morgan fingerprint density at radius 3 is 2.46 bits per heavy atom. The minimum absolute atomic E-state index is 0.240. The van der Waals surface area contributed by atoms with Crippen LogP contribution in [0.4, 0.5) is 0 Å². The predicted octanol–water partition coefficient (Wildman–Crippen LogP) is 1.94. The summed E-state index contributed by atoms with van der Waals surface area (Å²) < 4.78 is 4.82. The SMILES string of the molecule is Cc1ccc(C2=CC(=O)OC2)cc1. The van der Waals surface area contributed by atoms with Crippen LogP contribution in [-0.2, 0) is 9.53 Å². The summed E-state index contributed by atoms with van der Waals surface area (Å²) in [6, 6.07) is 8.06. The second-order valence-electron chi connectivity index (χ2n) is 3.14. The number of ether oxygens (including phenoxy) is 1. The average Bonchev–Trinajstić information content (AvgIpc) is 2.53. The maximum atomic E-state index is 10.8. The van der Waals surface area contributed by atoms with Crippen LogP contribution >= 0.6 is 0 Å². The van der Waals surface area contributed by atoms with E-state index in [0.717, 1.165) is 11.1 Å². The molecule has 1 heterocycles. The van der Waals surface area contributed by atoms with Crippen LogP contribution in [0, 0.1) is 6.92 Å². The Labute approximate surface area is 76.8 Å². The summed E-state index contributed by atoms with van der Waals surface area (Å²) in [5.74, 6) is -0.240. The maximum Gasteiger partial charge on any atom is 0.331 e. The zero-order chi connectivity index (χ0) is 9.26. The lowest BCUT2D eigenvalue weighted by Gasteiger charge is -2.00. The van der Waals surface area contributed by atoms with E-state index in [9.17, 15) is 4.79 Å². The normalized spacial score (nSPS) is 15.5. The molecule has 1 aromatic rings. The van der Waals surface area contributed by atoms with Gasteiger partial charge < -0.3 is 4.74 Å². The number of hydrogen-bond acceptors (Lipinski definition) is 2. The van der Waals surface area contributed by atoms with Gasteiger partial charge in [0, 0.05) is 11.6 Å². The largest absolute Gasteiger partial charge is 0.458 e. The lowest BCUT2D eigenvalue weighted by Crippen LogP contribution is -1.91. The Kier molecular flexibility index (Phi) is 1.89. The van der Waals surface area contributed by atoms with Gasteiger partial charge in [-0.3, -0.25) is 0 Å². The Bertz CT molecular complexity index is 360. The van der Waals surface area contributed by atoms with Gasteiger partial charge in [-0.1, -0.05) is 29.8 Å². The molecule has 0 unspecified atom stereocenters. The predicted molar refractivity (Wildman–Crippen MR) is 50.1 cm³/mol. The fourth-order valence-electron chi connectivity index (χ4n) is 1.31. The van der Waals surface area contributed by atoms with Crippen molar-refractivity contribution in [1.29, 1.82) is 0 Å². The highest BCUT2D eigenvalue weighted by Crippen LogP contribution is 2.19. The number of benzene rings is 1. The molecule has 1 aliphatic rings. The molecule has 0 fully saturated rings. The van der Waals surface area contributed by atoms with Crippen molar-refractivity contribution in [3.8, 4) is 0 Å². The number of rotatable bonds is 1. The van der Waals surface area contributed by atoms with Crippen molar-refractivity contribution in [2.24, 2.45) is 0 Å². The number of esters is 1. The summed E-state index contributed by atoms with van der Waals surface area (Å²) >= 11 is 0. The second kappa shape index (κ2) is 3.05. The highest BCUT2D eigenvalue weighted by Gasteiger charge is 2.13. The van der Waals surface area contributed by atoms with Crippen LogP contribution in [0.1, 0.15) is 11.1 Å². The fraction of sp³-hybridized carbons (Fsp3) is 0.182. The van der Waals surface area contributed by atoms with Gasteiger partial charge in [-0.15, -0.1) is 0 Å². The molecule has 1 aromatic carbocycles. The number of carbonyl (C=O) groups is 1. The Morgan fingerprint density at radius 1 is 1.23 bits per heavy atom. The fourth-order valence-corrected chi connectivity index (χ4v) is 1.31. The summed E-state index contributed by atoms with van der Waals surface area (Å²) in [6.07, 6.45) is 1.55. The first-order valence-electron chi connectivity index (χ1n) is 4.20. The first-order chi connectivity index (χ1) is 6.25. The van der Waals surface area contributed by atoms with Crippen LogP contribution < -0.4 is 0 Å². The molecule has 2 heteroatoms. The molecular weight excluding hydrogens is 164 g/mol. The molecule has 0 aliphatic carbocycles. The van der Waals surface area contributed by atoms with E-state index in [2.05, 4.69) is 0 Å². The topological polar surface area (TPSA) is 26.3 Å². The summed E-state index contributed by atoms with van der Waals surface area (Å²) in [7, 11) is 0. The van der Waals surface area contributed by atoms with Gasteiger partial charge in [-0.2, -0.15) is 0 Å². The highest BCUT2D eigenvalue weighted by atomic mass is 16.5. The quantitative estimate of drug-likeness (QED) is 0.608. The molecule has 1 aliphatic heterocycles. The van der Waals surface area contributed by atoms with Crippen LogP contribution in [-0.4, -0.2) is 12.6 Å². The number of aryl methyl sites for hydroxylation is 1. The van der Waals surface area contributed by atoms with E-state index in [1.54, 1.807) is 6.08 Å². The standard InChI is InChI=1S/C11H10O2/c1-8-2-4-9(5-3-8)10-6-11(12)13-7-10/h2-6H,7H2,1H3. The van der Waals surface area contributed by atoms with Crippen molar-refractivity contribution in [2.45, 2.75) is 6.92 Å². The summed E-state index contributed by atoms with van der Waals surface area (Å²) in [4.78, 5) is 10.8. The Balaban J connectivity index is 2.31. The van der Waals surface area contributed by atoms with Crippen molar-refractivity contribution < 1.29 is 9.53 Å². The van der Waals surface area contributed by atoms with E-state index in [1.807, 2.05) is 31.2 Å². The van der Waals surface area contributed by atoms with Gasteiger partial charge in [0.15, 0.2) is 0 Å². The van der Waals surface area contributed by atoms with Gasteiger partial charge in [-0.25, -0.2) is 4.79 Å². The minimum atomic E-state index is -0.240. The lowest BCUT2D eigenvalue weighted by molar-refractivity contribution is -0.134. The van der Waals surface area contributed by atoms with E-state index in [1.165, 1.54) is 5.56 Å². The molecule has 0 aromatic heterocycles. The highest BCUT2D eigenvalue weighted by molar-refractivity contribution is 5.95. The zero-order valence-corrected chi connectivity index (χ0v) is 7.41. The molecule has 2 rings (SSSR count). The van der Waals surface area contributed by atoms with E-state index in [-0.39, 0.29) is 5.97 Å². The van der Waals surface area contributed by atoms with Crippen molar-refractivity contribution in [3.05, 3.63) is 41.5 Å². The van der Waals surface area contributed by atoms with Crippen LogP contribution in [0.15, 0.2) is 30.3 Å². The molecule has 2 nitrogen and oxygen atoms in total. The molecule has 0 N–H and O–H groups in total. The second-order valence-corrected chi connectivity index (χ2v) is 3.14. The molecule has 0 saturated heterocycles. The van der Waals surface area contributed by atoms with E-state index in [4.69, 9.17) is 4.74 Å². The molecule has 0 bridgehead atoms. The van der Waals surface area contributed by atoms with Gasteiger partial charge in [0.2, 0.25) is 0 Å². The van der Waals surface area contributed by atoms with Gasteiger partial charge >= 0.3 is 5.97 Å². The first kappa shape index (κ1) is 8.05. The third-order valence-corrected chi connectivity index (χ3v) is 2.08. The van der Waals surface area contributed by atoms with Crippen molar-refractivity contribution >= 4 is 11.5 Å². The van der Waals surface area contributed by atoms with E-state index in [0.29, 0.717) is 6.61 Å². The smallest absolute Gasteiger partial charge is 0.331 e. The molecule has 0 amide bonds. The van der Waals surface area contributed by atoms with Crippen molar-refractivity contribution in [1.82, 2.24) is 0 Å².